The van der Waals surface area contributed by atoms with Gasteiger partial charge in [-0.3, -0.25) is 4.79 Å². The Morgan fingerprint density at radius 1 is 1.38 bits per heavy atom. The summed E-state index contributed by atoms with van der Waals surface area (Å²) >= 11 is 4.50. The number of rotatable bonds is 7. The zero-order chi connectivity index (χ0) is 19.6. The van der Waals surface area contributed by atoms with Crippen LogP contribution in [0.1, 0.15) is 45.1 Å². The summed E-state index contributed by atoms with van der Waals surface area (Å²) in [4.78, 5) is 9.54. The number of hydrogen-bond acceptors (Lipinski definition) is 5. The molecule has 0 radical (unpaired) electrons. The van der Waals surface area contributed by atoms with E-state index < -0.39 is 10.5 Å². The van der Waals surface area contributed by atoms with E-state index in [1.165, 1.54) is 12.0 Å². The Bertz CT molecular complexity index is 712. The van der Waals surface area contributed by atoms with Gasteiger partial charge >= 0.3 is 10.5 Å². The third-order valence-corrected chi connectivity index (χ3v) is 5.17. The summed E-state index contributed by atoms with van der Waals surface area (Å²) in [6.45, 7) is 4.44. The maximum Gasteiger partial charge on any atom is 0.311 e. The van der Waals surface area contributed by atoms with Crippen molar-refractivity contribution in [2.45, 2.75) is 51.0 Å². The van der Waals surface area contributed by atoms with Crippen molar-refractivity contribution in [1.29, 1.82) is 0 Å². The molecule has 1 amide bonds. The fourth-order valence-electron chi connectivity index (χ4n) is 2.97. The van der Waals surface area contributed by atoms with Crippen LogP contribution < -0.4 is 10.6 Å². The van der Waals surface area contributed by atoms with Crippen molar-refractivity contribution < 1.29 is 13.2 Å². The van der Waals surface area contributed by atoms with Gasteiger partial charge in [0, 0.05) is 12.5 Å². The highest BCUT2D eigenvalue weighted by Crippen LogP contribution is 2.54. The molecule has 2 N–H and O–H groups in total. The first-order valence-electron chi connectivity index (χ1n) is 8.63. The second-order valence-electron chi connectivity index (χ2n) is 6.69. The number of nitrogens with one attached hydrogen (secondary N) is 2. The van der Waals surface area contributed by atoms with Crippen molar-refractivity contribution in [3.05, 3.63) is 35.9 Å². The molecule has 1 fully saturated rings. The maximum absolute atomic E-state index is 10.8. The molecule has 2 rings (SSSR count). The first-order chi connectivity index (χ1) is 12.4. The molecule has 2 unspecified atom stereocenters. The van der Waals surface area contributed by atoms with Crippen LogP contribution in [-0.4, -0.2) is 33.0 Å². The van der Waals surface area contributed by atoms with Crippen molar-refractivity contribution in [3.63, 3.8) is 0 Å². The van der Waals surface area contributed by atoms with Crippen LogP contribution in [0.2, 0.25) is 0 Å². The van der Waals surface area contributed by atoms with E-state index in [1.807, 2.05) is 18.2 Å². The molecule has 0 spiro atoms. The van der Waals surface area contributed by atoms with Gasteiger partial charge in [-0.1, -0.05) is 57.0 Å². The van der Waals surface area contributed by atoms with Gasteiger partial charge in [0.1, 0.15) is 0 Å². The molecule has 0 bridgehead atoms. The summed E-state index contributed by atoms with van der Waals surface area (Å²) in [6.07, 6.45) is 4.73. The second kappa shape index (κ2) is 11.0. The lowest BCUT2D eigenvalue weighted by atomic mass is 9.88. The first-order valence-corrected chi connectivity index (χ1v) is 10.1. The number of benzene rings is 1. The molecule has 1 aromatic carbocycles. The third kappa shape index (κ3) is 7.21. The average molecular weight is 398 g/mol. The van der Waals surface area contributed by atoms with Gasteiger partial charge in [0.25, 0.3) is 0 Å². The molecule has 6 nitrogen and oxygen atoms in total. The molecule has 2 atom stereocenters. The lowest BCUT2D eigenvalue weighted by Gasteiger charge is -2.17. The average Bonchev–Trinajstić information content (AvgIpc) is 3.29. The highest BCUT2D eigenvalue weighted by Gasteiger charge is 2.55. The normalized spacial score (nSPS) is 20.4. The number of amides is 1. The Morgan fingerprint density at radius 2 is 2.04 bits per heavy atom. The third-order valence-electron chi connectivity index (χ3n) is 4.42. The van der Waals surface area contributed by atoms with Crippen LogP contribution in [0, 0.1) is 5.92 Å². The Hall–Kier alpha value is -1.80. The number of thiocarbonyl (C=S) groups is 1. The van der Waals surface area contributed by atoms with Gasteiger partial charge in [-0.25, -0.2) is 0 Å². The summed E-state index contributed by atoms with van der Waals surface area (Å²) in [5.41, 5.74) is 1.20. The van der Waals surface area contributed by atoms with Crippen LogP contribution in [0.25, 0.3) is 0 Å². The Kier molecular flexibility index (Phi) is 9.43. The highest BCUT2D eigenvalue weighted by molar-refractivity contribution is 7.80. The maximum atomic E-state index is 10.8. The number of carbonyl (C=O) groups excluding carboxylic acids is 1. The smallest absolute Gasteiger partial charge is 0.311 e. The van der Waals surface area contributed by atoms with Gasteiger partial charge in [-0.15, -0.1) is 0 Å². The Morgan fingerprint density at radius 3 is 2.50 bits per heavy atom. The molecule has 1 saturated carbocycles. The Balaban J connectivity index is 0.000000412. The summed E-state index contributed by atoms with van der Waals surface area (Å²) in [7, 11) is -0.655. The molecule has 0 aliphatic heterocycles. The molecule has 1 aliphatic rings. The molecule has 0 saturated heterocycles. The molecule has 0 aromatic heterocycles. The van der Waals surface area contributed by atoms with E-state index in [-0.39, 0.29) is 11.5 Å². The highest BCUT2D eigenvalue weighted by atomic mass is 32.2. The number of hydrogen-bond donors (Lipinski definition) is 2. The minimum Gasteiger partial charge on any atom is -0.365 e. The molecule has 1 aromatic rings. The van der Waals surface area contributed by atoms with Gasteiger partial charge in [0.2, 0.25) is 6.41 Å². The predicted octanol–water partition coefficient (Wildman–Crippen LogP) is 2.82. The van der Waals surface area contributed by atoms with Gasteiger partial charge in [-0.2, -0.15) is 12.8 Å². The van der Waals surface area contributed by atoms with E-state index >= 15 is 0 Å². The molecule has 8 heteroatoms. The fraction of sp³-hybridized carbons (Fsp3) is 0.556. The molecule has 0 heterocycles. The van der Waals surface area contributed by atoms with E-state index in [0.717, 1.165) is 19.3 Å². The summed E-state index contributed by atoms with van der Waals surface area (Å²) in [5, 5.41) is 5.13. The lowest BCUT2D eigenvalue weighted by Crippen LogP contribution is -2.30. The van der Waals surface area contributed by atoms with Gasteiger partial charge in [0.05, 0.1) is 6.04 Å². The molecule has 1 aliphatic carbocycles. The topological polar surface area (TPSA) is 87.6 Å². The standard InChI is InChI=1S/C15H21NO2S.C3H6N2OS/c1-12(2)7-6-10-15(11-14(15)16-19(17)18)13-8-4-3-5-9-13;1-4-3(7)5-2-6/h3-5,8-9,12,14H,6-7,10-11H2,1-2H3;2H,1H3,(H2,4,5,6,7). The quantitative estimate of drug-likeness (QED) is 0.546. The van der Waals surface area contributed by atoms with Crippen LogP contribution in [0.15, 0.2) is 34.7 Å². The van der Waals surface area contributed by atoms with E-state index in [4.69, 9.17) is 0 Å². The van der Waals surface area contributed by atoms with Crippen molar-refractivity contribution in [1.82, 2.24) is 10.6 Å². The van der Waals surface area contributed by atoms with Crippen molar-refractivity contribution in [3.8, 4) is 0 Å². The first kappa shape index (κ1) is 22.2. The summed E-state index contributed by atoms with van der Waals surface area (Å²) in [5.74, 6) is 0.690. The van der Waals surface area contributed by atoms with Crippen LogP contribution >= 0.6 is 12.2 Å². The van der Waals surface area contributed by atoms with E-state index in [2.05, 4.69) is 53.2 Å². The second-order valence-corrected chi connectivity index (χ2v) is 7.75. The molecular weight excluding hydrogens is 370 g/mol. The molecule has 26 heavy (non-hydrogen) atoms. The van der Waals surface area contributed by atoms with Crippen LogP contribution in [0.4, 0.5) is 0 Å². The minimum absolute atomic E-state index is 0.0315. The zero-order valence-corrected chi connectivity index (χ0v) is 17.1. The SMILES string of the molecule is CC(C)CCCC1(c2ccccc2)CC1N=S(=O)=O.CNC(=S)NC=O. The predicted molar refractivity (Wildman–Crippen MR) is 107 cm³/mol. The summed E-state index contributed by atoms with van der Waals surface area (Å²) < 4.78 is 25.4. The van der Waals surface area contributed by atoms with Crippen molar-refractivity contribution >= 4 is 34.2 Å². The minimum atomic E-state index is -2.29. The largest absolute Gasteiger partial charge is 0.365 e. The number of carbonyl (C=O) groups is 1. The van der Waals surface area contributed by atoms with Gasteiger partial charge in [0.15, 0.2) is 5.11 Å². The van der Waals surface area contributed by atoms with Crippen LogP contribution in [-0.2, 0) is 20.7 Å². The molecular formula is C18H27N3O3S2. The van der Waals surface area contributed by atoms with Gasteiger partial charge in [-0.05, 0) is 36.5 Å². The fourth-order valence-corrected chi connectivity index (χ4v) is 3.51. The molecule has 144 valence electrons. The number of nitrogens with zero attached hydrogens (tertiary/aromatic N) is 1. The zero-order valence-electron chi connectivity index (χ0n) is 15.4. The monoisotopic (exact) mass is 397 g/mol. The van der Waals surface area contributed by atoms with E-state index in [1.54, 1.807) is 7.05 Å². The van der Waals surface area contributed by atoms with E-state index in [0.29, 0.717) is 17.4 Å². The van der Waals surface area contributed by atoms with Crippen LogP contribution in [0.5, 0.6) is 0 Å². The Labute approximate surface area is 162 Å². The van der Waals surface area contributed by atoms with Crippen molar-refractivity contribution in [2.24, 2.45) is 10.3 Å². The van der Waals surface area contributed by atoms with Crippen molar-refractivity contribution in [2.75, 3.05) is 7.05 Å². The van der Waals surface area contributed by atoms with Gasteiger partial charge < -0.3 is 10.6 Å². The summed E-state index contributed by atoms with van der Waals surface area (Å²) in [6, 6.07) is 10.2. The van der Waals surface area contributed by atoms with E-state index in [9.17, 15) is 13.2 Å². The lowest BCUT2D eigenvalue weighted by molar-refractivity contribution is -0.108. The van der Waals surface area contributed by atoms with Crippen LogP contribution in [0.3, 0.4) is 0 Å².